The van der Waals surface area contributed by atoms with E-state index in [4.69, 9.17) is 9.26 Å². The van der Waals surface area contributed by atoms with Gasteiger partial charge in [0.2, 0.25) is 0 Å². The van der Waals surface area contributed by atoms with Crippen molar-refractivity contribution in [2.75, 3.05) is 4.90 Å². The summed E-state index contributed by atoms with van der Waals surface area (Å²) in [6, 6.07) is 15.2. The van der Waals surface area contributed by atoms with E-state index in [0.717, 1.165) is 5.56 Å². The molecule has 0 radical (unpaired) electrons. The van der Waals surface area contributed by atoms with E-state index >= 15 is 0 Å². The predicted octanol–water partition coefficient (Wildman–Crippen LogP) is 5.52. The second-order valence-electron chi connectivity index (χ2n) is 8.98. The number of Topliss-reactive ketones (excluding diaryl/α,β-unsaturated/α-hetero) is 1. The Kier molecular flexibility index (Phi) is 6.28. The Morgan fingerprint density at radius 1 is 1.03 bits per heavy atom. The van der Waals surface area contributed by atoms with Gasteiger partial charge in [0.1, 0.15) is 17.3 Å². The molecule has 0 aliphatic carbocycles. The van der Waals surface area contributed by atoms with E-state index in [2.05, 4.69) is 19.0 Å². The third kappa shape index (κ3) is 4.33. The molecular weight excluding hydrogens is 432 g/mol. The fourth-order valence-electron chi connectivity index (χ4n) is 4.03. The molecule has 3 aromatic rings. The summed E-state index contributed by atoms with van der Waals surface area (Å²) in [6.45, 7) is 9.73. The zero-order valence-corrected chi connectivity index (χ0v) is 19.9. The van der Waals surface area contributed by atoms with Crippen LogP contribution in [-0.4, -0.2) is 28.1 Å². The molecule has 0 bridgehead atoms. The summed E-state index contributed by atoms with van der Waals surface area (Å²) < 4.78 is 10.8. The molecule has 7 heteroatoms. The highest BCUT2D eigenvalue weighted by Gasteiger charge is 2.48. The van der Waals surface area contributed by atoms with Gasteiger partial charge in [-0.15, -0.1) is 0 Å². The highest BCUT2D eigenvalue weighted by Crippen LogP contribution is 2.42. The van der Waals surface area contributed by atoms with Crippen LogP contribution in [0.4, 0.5) is 5.82 Å². The van der Waals surface area contributed by atoms with E-state index < -0.39 is 17.7 Å². The summed E-state index contributed by atoms with van der Waals surface area (Å²) in [5, 5.41) is 15.2. The van der Waals surface area contributed by atoms with Gasteiger partial charge in [0.25, 0.3) is 5.78 Å². The topological polar surface area (TPSA) is 92.9 Å². The fourth-order valence-corrected chi connectivity index (χ4v) is 4.03. The van der Waals surface area contributed by atoms with Crippen molar-refractivity contribution in [1.29, 1.82) is 0 Å². The van der Waals surface area contributed by atoms with Crippen LogP contribution in [0.15, 0.2) is 64.7 Å². The van der Waals surface area contributed by atoms with Gasteiger partial charge in [-0.1, -0.05) is 43.3 Å². The summed E-state index contributed by atoms with van der Waals surface area (Å²) >= 11 is 0. The number of aromatic nitrogens is 1. The maximum atomic E-state index is 13.2. The molecule has 1 fully saturated rings. The number of amides is 1. The van der Waals surface area contributed by atoms with Crippen LogP contribution in [0.3, 0.4) is 0 Å². The number of carbonyl (C=O) groups excluding carboxylic acids is 2. The molecule has 1 saturated heterocycles. The number of rotatable bonds is 6. The number of ketones is 1. The number of carbonyl (C=O) groups is 2. The van der Waals surface area contributed by atoms with Crippen molar-refractivity contribution in [3.05, 3.63) is 82.6 Å². The monoisotopic (exact) mass is 460 g/mol. The van der Waals surface area contributed by atoms with Crippen LogP contribution >= 0.6 is 0 Å². The van der Waals surface area contributed by atoms with Crippen LogP contribution in [0.2, 0.25) is 0 Å². The number of anilines is 1. The first-order valence-corrected chi connectivity index (χ1v) is 11.3. The quantitative estimate of drug-likeness (QED) is 0.296. The molecule has 1 aromatic heterocycles. The lowest BCUT2D eigenvalue weighted by atomic mass is 9.93. The first-order chi connectivity index (χ1) is 16.2. The lowest BCUT2D eigenvalue weighted by Crippen LogP contribution is -2.29. The average Bonchev–Trinajstić information content (AvgIpc) is 3.34. The number of hydrogen-bond acceptors (Lipinski definition) is 6. The second kappa shape index (κ2) is 9.17. The molecule has 4 rings (SSSR count). The Hall–Kier alpha value is -3.87. The van der Waals surface area contributed by atoms with Gasteiger partial charge in [0, 0.05) is 11.6 Å². The van der Waals surface area contributed by atoms with Crippen molar-refractivity contribution in [2.45, 2.75) is 52.7 Å². The van der Waals surface area contributed by atoms with Crippen LogP contribution in [-0.2, 0) is 9.59 Å². The summed E-state index contributed by atoms with van der Waals surface area (Å²) in [4.78, 5) is 27.6. The van der Waals surface area contributed by atoms with Crippen molar-refractivity contribution in [2.24, 2.45) is 0 Å². The van der Waals surface area contributed by atoms with Crippen molar-refractivity contribution >= 4 is 23.3 Å². The predicted molar refractivity (Wildman–Crippen MR) is 129 cm³/mol. The first-order valence-electron chi connectivity index (χ1n) is 11.3. The number of aliphatic hydroxyl groups excluding tert-OH is 1. The van der Waals surface area contributed by atoms with Gasteiger partial charge in [-0.3, -0.25) is 14.5 Å². The van der Waals surface area contributed by atoms with E-state index in [-0.39, 0.29) is 23.3 Å². The Balaban J connectivity index is 1.84. The van der Waals surface area contributed by atoms with Crippen molar-refractivity contribution in [1.82, 2.24) is 5.16 Å². The zero-order chi connectivity index (χ0) is 24.6. The lowest BCUT2D eigenvalue weighted by Gasteiger charge is -2.23. The largest absolute Gasteiger partial charge is 0.507 e. The average molecular weight is 461 g/mol. The molecule has 1 atom stereocenters. The maximum absolute atomic E-state index is 13.2. The van der Waals surface area contributed by atoms with E-state index in [0.29, 0.717) is 28.6 Å². The number of aliphatic hydroxyl groups is 1. The third-order valence-corrected chi connectivity index (χ3v) is 5.73. The van der Waals surface area contributed by atoms with Gasteiger partial charge < -0.3 is 14.4 Å². The molecule has 1 aliphatic heterocycles. The van der Waals surface area contributed by atoms with Crippen molar-refractivity contribution in [3.63, 3.8) is 0 Å². The molecule has 0 saturated carbocycles. The van der Waals surface area contributed by atoms with Gasteiger partial charge in [0.05, 0.1) is 17.7 Å². The SMILES string of the molecule is Cc1cc(N2C(=O)C(=O)/C(=C(/O)c3ccc(OC(C)C)cc3)[C@H]2c2ccc(C(C)C)cc2)no1. The lowest BCUT2D eigenvalue weighted by molar-refractivity contribution is -0.132. The normalized spacial score (nSPS) is 17.7. The Bertz CT molecular complexity index is 1240. The van der Waals surface area contributed by atoms with Crippen LogP contribution in [0.5, 0.6) is 5.75 Å². The first kappa shape index (κ1) is 23.3. The zero-order valence-electron chi connectivity index (χ0n) is 19.9. The molecule has 2 aromatic carbocycles. The minimum atomic E-state index is -0.850. The standard InChI is InChI=1S/C27H28N2O5/c1-15(2)18-6-8-19(9-7-18)24-23(25(30)20-10-12-21(13-11-20)33-16(3)4)26(31)27(32)29(24)22-14-17(5)34-28-22/h6-16,24,30H,1-5H3/b25-23+/t24-/m1/s1. The van der Waals surface area contributed by atoms with Crippen LogP contribution in [0.1, 0.15) is 62.1 Å². The number of benzene rings is 2. The van der Waals surface area contributed by atoms with E-state index in [1.54, 1.807) is 37.3 Å². The van der Waals surface area contributed by atoms with Crippen molar-refractivity contribution in [3.8, 4) is 5.75 Å². The molecule has 7 nitrogen and oxygen atoms in total. The number of ether oxygens (including phenoxy) is 1. The fraction of sp³-hybridized carbons (Fsp3) is 0.296. The van der Waals surface area contributed by atoms with Crippen LogP contribution < -0.4 is 9.64 Å². The van der Waals surface area contributed by atoms with E-state index in [1.165, 1.54) is 4.90 Å². The molecule has 176 valence electrons. The highest BCUT2D eigenvalue weighted by molar-refractivity contribution is 6.51. The Labute approximate surface area is 198 Å². The van der Waals surface area contributed by atoms with Gasteiger partial charge in [-0.05, 0) is 62.1 Å². The Morgan fingerprint density at radius 2 is 1.68 bits per heavy atom. The summed E-state index contributed by atoms with van der Waals surface area (Å²) in [7, 11) is 0. The van der Waals surface area contributed by atoms with Crippen LogP contribution in [0, 0.1) is 6.92 Å². The molecule has 1 N–H and O–H groups in total. The molecule has 34 heavy (non-hydrogen) atoms. The van der Waals surface area contributed by atoms with E-state index in [9.17, 15) is 14.7 Å². The van der Waals surface area contributed by atoms with E-state index in [1.807, 2.05) is 38.1 Å². The summed E-state index contributed by atoms with van der Waals surface area (Å²) in [6.07, 6.45) is 0.00417. The van der Waals surface area contributed by atoms with Gasteiger partial charge in [0.15, 0.2) is 5.82 Å². The van der Waals surface area contributed by atoms with Crippen LogP contribution in [0.25, 0.3) is 5.76 Å². The summed E-state index contributed by atoms with van der Waals surface area (Å²) in [5.74, 6) is -0.110. The molecular formula is C27H28N2O5. The minimum Gasteiger partial charge on any atom is -0.507 e. The molecule has 1 amide bonds. The van der Waals surface area contributed by atoms with Gasteiger partial charge in [-0.25, -0.2) is 0 Å². The third-order valence-electron chi connectivity index (χ3n) is 5.73. The number of aryl methyl sites for hydroxylation is 1. The Morgan fingerprint density at radius 3 is 2.21 bits per heavy atom. The van der Waals surface area contributed by atoms with Gasteiger partial charge >= 0.3 is 5.91 Å². The highest BCUT2D eigenvalue weighted by atomic mass is 16.5. The summed E-state index contributed by atoms with van der Waals surface area (Å²) in [5.41, 5.74) is 2.22. The molecule has 0 unspecified atom stereocenters. The maximum Gasteiger partial charge on any atom is 0.301 e. The number of hydrogen-bond donors (Lipinski definition) is 1. The van der Waals surface area contributed by atoms with Gasteiger partial charge in [-0.2, -0.15) is 0 Å². The number of nitrogens with zero attached hydrogens (tertiary/aromatic N) is 2. The van der Waals surface area contributed by atoms with Crippen molar-refractivity contribution < 1.29 is 24.0 Å². The molecule has 1 aliphatic rings. The molecule has 2 heterocycles. The smallest absolute Gasteiger partial charge is 0.301 e. The molecule has 0 spiro atoms. The minimum absolute atomic E-state index is 0.000443. The second-order valence-corrected chi connectivity index (χ2v) is 8.98.